The Morgan fingerprint density at radius 1 is 0.788 bits per heavy atom. The van der Waals surface area contributed by atoms with Crippen molar-refractivity contribution in [3.8, 4) is 0 Å². The van der Waals surface area contributed by atoms with Crippen LogP contribution in [0, 0.1) is 5.92 Å². The predicted molar refractivity (Wildman–Crippen MR) is 162 cm³/mol. The largest absolute Gasteiger partial charge is 0.103 e. The van der Waals surface area contributed by atoms with Crippen LogP contribution in [0.5, 0.6) is 0 Å². The first kappa shape index (κ1) is 41.7. The van der Waals surface area contributed by atoms with Crippen LogP contribution >= 0.6 is 0 Å². The van der Waals surface area contributed by atoms with Crippen LogP contribution in [0.2, 0.25) is 0 Å². The SMILES string of the molecule is C=C/C=C(\C)C(C)c1ccccc1.C=CC.CC.CCC.CCCC.CCCC(C)CCC. The lowest BCUT2D eigenvalue weighted by atomic mass is 9.94. The van der Waals surface area contributed by atoms with Crippen molar-refractivity contribution in [2.75, 3.05) is 0 Å². The van der Waals surface area contributed by atoms with Crippen LogP contribution in [0.3, 0.4) is 0 Å². The summed E-state index contributed by atoms with van der Waals surface area (Å²) in [5.41, 5.74) is 2.71. The molecule has 0 N–H and O–H groups in total. The highest BCUT2D eigenvalue weighted by atomic mass is 14.1. The first-order valence-corrected chi connectivity index (χ1v) is 13.7. The Labute approximate surface area is 212 Å². The van der Waals surface area contributed by atoms with Crippen molar-refractivity contribution in [2.45, 2.75) is 134 Å². The minimum atomic E-state index is 0.485. The Morgan fingerprint density at radius 2 is 1.15 bits per heavy atom. The second-order valence-electron chi connectivity index (χ2n) is 8.08. The van der Waals surface area contributed by atoms with Crippen molar-refractivity contribution < 1.29 is 0 Å². The zero-order valence-electron chi connectivity index (χ0n) is 25.1. The van der Waals surface area contributed by atoms with E-state index in [2.05, 4.69) is 106 Å². The minimum absolute atomic E-state index is 0.485. The van der Waals surface area contributed by atoms with Gasteiger partial charge in [0.2, 0.25) is 0 Å². The predicted octanol–water partition coefficient (Wildman–Crippen LogP) is 12.6. The topological polar surface area (TPSA) is 0 Å². The molecule has 0 bridgehead atoms. The minimum Gasteiger partial charge on any atom is -0.103 e. The monoisotopic (exact) mass is 461 g/mol. The van der Waals surface area contributed by atoms with Gasteiger partial charge in [0.15, 0.2) is 0 Å². The first-order valence-electron chi connectivity index (χ1n) is 13.7. The molecule has 0 saturated carbocycles. The molecule has 0 saturated heterocycles. The maximum atomic E-state index is 3.70. The normalized spacial score (nSPS) is 10.0. The van der Waals surface area contributed by atoms with Gasteiger partial charge in [-0.05, 0) is 25.3 Å². The average molecular weight is 461 g/mol. The van der Waals surface area contributed by atoms with E-state index in [0.717, 1.165) is 5.92 Å². The Hall–Kier alpha value is -1.56. The van der Waals surface area contributed by atoms with Crippen molar-refractivity contribution in [2.24, 2.45) is 5.92 Å². The van der Waals surface area contributed by atoms with Crippen molar-refractivity contribution >= 4 is 0 Å². The second-order valence-corrected chi connectivity index (χ2v) is 8.08. The Balaban J connectivity index is -0.000000112. The number of unbranched alkanes of at least 4 members (excludes halogenated alkanes) is 1. The molecule has 33 heavy (non-hydrogen) atoms. The maximum Gasteiger partial charge on any atom is 0.00201 e. The van der Waals surface area contributed by atoms with Crippen LogP contribution in [0.1, 0.15) is 140 Å². The Bertz CT molecular complexity index is 458. The molecule has 0 nitrogen and oxygen atoms in total. The van der Waals surface area contributed by atoms with Crippen LogP contribution in [-0.4, -0.2) is 0 Å². The van der Waals surface area contributed by atoms with E-state index in [4.69, 9.17) is 0 Å². The lowest BCUT2D eigenvalue weighted by molar-refractivity contribution is 0.480. The third-order valence-electron chi connectivity index (χ3n) is 4.43. The standard InChI is InChI=1S/C13H16.C8H18.C4H10.C3H8.C3H6.C2H6/c1-4-8-11(2)12(3)13-9-6-5-7-10-13;1-4-6-8(3)7-5-2;1-3-4-2;2*1-3-2;1-2/h4-10,12H,1H2,2-3H3;8H,4-7H2,1-3H3;3-4H2,1-2H3;3H2,1-2H3;3H,1H2,2H3;1-2H3/b11-8+;;;;;. The van der Waals surface area contributed by atoms with Crippen molar-refractivity contribution in [1.82, 2.24) is 0 Å². The van der Waals surface area contributed by atoms with Crippen LogP contribution in [0.15, 0.2) is 67.3 Å². The van der Waals surface area contributed by atoms with Gasteiger partial charge in [0.1, 0.15) is 0 Å². The molecular formula is C33H64. The summed E-state index contributed by atoms with van der Waals surface area (Å²) in [6.07, 6.45) is 15.1. The molecule has 196 valence electrons. The highest BCUT2D eigenvalue weighted by Crippen LogP contribution is 2.22. The molecule has 1 atom stereocenters. The van der Waals surface area contributed by atoms with Gasteiger partial charge in [-0.15, -0.1) is 6.58 Å². The van der Waals surface area contributed by atoms with Gasteiger partial charge in [-0.25, -0.2) is 0 Å². The van der Waals surface area contributed by atoms with Crippen molar-refractivity contribution in [3.63, 3.8) is 0 Å². The van der Waals surface area contributed by atoms with Gasteiger partial charge in [0, 0.05) is 5.92 Å². The van der Waals surface area contributed by atoms with E-state index in [1.807, 2.05) is 32.9 Å². The maximum absolute atomic E-state index is 3.70. The Kier molecular flexibility index (Phi) is 51.5. The number of rotatable bonds is 8. The summed E-state index contributed by atoms with van der Waals surface area (Å²) in [5.74, 6) is 1.45. The highest BCUT2D eigenvalue weighted by molar-refractivity contribution is 5.28. The fourth-order valence-electron chi connectivity index (χ4n) is 2.46. The number of benzene rings is 1. The number of allylic oxidation sites excluding steroid dienone is 4. The number of hydrogen-bond donors (Lipinski definition) is 0. The van der Waals surface area contributed by atoms with Gasteiger partial charge in [-0.3, -0.25) is 0 Å². The van der Waals surface area contributed by atoms with Crippen molar-refractivity contribution in [1.29, 1.82) is 0 Å². The van der Waals surface area contributed by atoms with Gasteiger partial charge in [-0.2, -0.15) is 0 Å². The molecule has 0 spiro atoms. The fraction of sp³-hybridized carbons (Fsp3) is 0.636. The zero-order valence-corrected chi connectivity index (χ0v) is 25.1. The molecule has 1 aromatic carbocycles. The second kappa shape index (κ2) is 40.8. The molecule has 0 aromatic heterocycles. The lowest BCUT2D eigenvalue weighted by Gasteiger charge is -2.11. The quantitative estimate of drug-likeness (QED) is 0.267. The smallest absolute Gasteiger partial charge is 0.00201 e. The summed E-state index contributed by atoms with van der Waals surface area (Å²) < 4.78 is 0. The molecule has 1 unspecified atom stereocenters. The van der Waals surface area contributed by atoms with Crippen molar-refractivity contribution in [3.05, 3.63) is 72.9 Å². The van der Waals surface area contributed by atoms with E-state index >= 15 is 0 Å². The molecule has 0 fully saturated rings. The van der Waals surface area contributed by atoms with E-state index in [9.17, 15) is 0 Å². The van der Waals surface area contributed by atoms with E-state index in [0.29, 0.717) is 5.92 Å². The first-order chi connectivity index (χ1) is 15.8. The molecular weight excluding hydrogens is 396 g/mol. The summed E-state index contributed by atoms with van der Waals surface area (Å²) in [6.45, 7) is 32.8. The molecule has 0 aliphatic heterocycles. The molecule has 0 aliphatic carbocycles. The molecule has 0 heteroatoms. The molecule has 0 amide bonds. The lowest BCUT2D eigenvalue weighted by Crippen LogP contribution is -1.93. The summed E-state index contributed by atoms with van der Waals surface area (Å²) in [6, 6.07) is 10.5. The van der Waals surface area contributed by atoms with Crippen LogP contribution in [-0.2, 0) is 0 Å². The number of hydrogen-bond acceptors (Lipinski definition) is 0. The van der Waals surface area contributed by atoms with Gasteiger partial charge in [0.05, 0.1) is 0 Å². The van der Waals surface area contributed by atoms with Crippen LogP contribution < -0.4 is 0 Å². The zero-order chi connectivity index (χ0) is 26.9. The van der Waals surface area contributed by atoms with Crippen LogP contribution in [0.25, 0.3) is 0 Å². The Morgan fingerprint density at radius 3 is 1.42 bits per heavy atom. The van der Waals surface area contributed by atoms with E-state index in [1.54, 1.807) is 6.08 Å². The molecule has 0 heterocycles. The summed E-state index contributed by atoms with van der Waals surface area (Å²) in [5, 5.41) is 0. The molecule has 1 aromatic rings. The van der Waals surface area contributed by atoms with Gasteiger partial charge in [-0.1, -0.05) is 175 Å². The highest BCUT2D eigenvalue weighted by Gasteiger charge is 2.04. The van der Waals surface area contributed by atoms with E-state index in [-0.39, 0.29) is 0 Å². The molecule has 1 rings (SSSR count). The third-order valence-corrected chi connectivity index (χ3v) is 4.43. The van der Waals surface area contributed by atoms with Crippen LogP contribution in [0.4, 0.5) is 0 Å². The fourth-order valence-corrected chi connectivity index (χ4v) is 2.46. The summed E-state index contributed by atoms with van der Waals surface area (Å²) >= 11 is 0. The average Bonchev–Trinajstić information content (AvgIpc) is 2.82. The van der Waals surface area contributed by atoms with E-state index in [1.165, 1.54) is 56.1 Å². The van der Waals surface area contributed by atoms with E-state index < -0.39 is 0 Å². The van der Waals surface area contributed by atoms with Gasteiger partial charge >= 0.3 is 0 Å². The molecule has 0 radical (unpaired) electrons. The molecule has 0 aliphatic rings. The third kappa shape index (κ3) is 41.2. The summed E-state index contributed by atoms with van der Waals surface area (Å²) in [7, 11) is 0. The van der Waals surface area contributed by atoms with Gasteiger partial charge < -0.3 is 0 Å². The summed E-state index contributed by atoms with van der Waals surface area (Å²) in [4.78, 5) is 0. The van der Waals surface area contributed by atoms with Gasteiger partial charge in [0.25, 0.3) is 0 Å².